The molecule has 0 radical (unpaired) electrons. The maximum absolute atomic E-state index is 9.31. The lowest BCUT2D eigenvalue weighted by atomic mass is 10.1. The molecular weight excluding hydrogens is 338 g/mol. The van der Waals surface area contributed by atoms with Crippen LogP contribution in [0, 0.1) is 0 Å². The fourth-order valence-electron chi connectivity index (χ4n) is 3.18. The molecular formula is C23H23NO3. The number of benzene rings is 3. The van der Waals surface area contributed by atoms with Crippen molar-refractivity contribution in [2.75, 3.05) is 6.61 Å². The number of phenols is 1. The predicted molar refractivity (Wildman–Crippen MR) is 105 cm³/mol. The van der Waals surface area contributed by atoms with Crippen molar-refractivity contribution in [1.29, 1.82) is 0 Å². The van der Waals surface area contributed by atoms with E-state index >= 15 is 0 Å². The average Bonchev–Trinajstić information content (AvgIpc) is 2.71. The second-order valence-corrected chi connectivity index (χ2v) is 6.79. The van der Waals surface area contributed by atoms with E-state index in [9.17, 15) is 5.11 Å². The zero-order chi connectivity index (χ0) is 18.5. The molecule has 4 rings (SSSR count). The van der Waals surface area contributed by atoms with E-state index in [4.69, 9.17) is 9.47 Å². The van der Waals surface area contributed by atoms with Crippen molar-refractivity contribution in [3.05, 3.63) is 89.5 Å². The van der Waals surface area contributed by atoms with Gasteiger partial charge in [0.2, 0.25) is 0 Å². The normalized spacial score (nSPS) is 15.5. The largest absolute Gasteiger partial charge is 0.508 e. The molecule has 2 N–H and O–H groups in total. The molecule has 1 heterocycles. The van der Waals surface area contributed by atoms with Crippen molar-refractivity contribution < 1.29 is 14.6 Å². The first-order chi connectivity index (χ1) is 13.3. The maximum atomic E-state index is 9.31. The molecule has 0 saturated heterocycles. The Morgan fingerprint density at radius 3 is 2.07 bits per heavy atom. The molecule has 1 atom stereocenters. The van der Waals surface area contributed by atoms with E-state index in [-0.39, 0.29) is 6.10 Å². The third-order valence-corrected chi connectivity index (χ3v) is 4.65. The van der Waals surface area contributed by atoms with Crippen LogP contribution in [0.3, 0.4) is 0 Å². The van der Waals surface area contributed by atoms with Gasteiger partial charge in [-0.3, -0.25) is 0 Å². The van der Waals surface area contributed by atoms with Gasteiger partial charge in [-0.25, -0.2) is 0 Å². The third-order valence-electron chi connectivity index (χ3n) is 4.65. The Bertz CT molecular complexity index is 875. The van der Waals surface area contributed by atoms with Crippen LogP contribution in [0.25, 0.3) is 0 Å². The molecule has 0 amide bonds. The highest BCUT2D eigenvalue weighted by Gasteiger charge is 2.20. The summed E-state index contributed by atoms with van der Waals surface area (Å²) >= 11 is 0. The van der Waals surface area contributed by atoms with Gasteiger partial charge in [0.25, 0.3) is 0 Å². The van der Waals surface area contributed by atoms with Gasteiger partial charge in [-0.2, -0.15) is 0 Å². The molecule has 0 aromatic heterocycles. The molecule has 27 heavy (non-hydrogen) atoms. The monoisotopic (exact) mass is 361 g/mol. The van der Waals surface area contributed by atoms with Gasteiger partial charge in [-0.05, 0) is 41.0 Å². The van der Waals surface area contributed by atoms with E-state index in [1.807, 2.05) is 36.4 Å². The molecule has 4 heteroatoms. The molecule has 3 aromatic rings. The van der Waals surface area contributed by atoms with Crippen molar-refractivity contribution in [1.82, 2.24) is 5.32 Å². The quantitative estimate of drug-likeness (QED) is 0.695. The van der Waals surface area contributed by atoms with Gasteiger partial charge < -0.3 is 19.9 Å². The molecule has 0 saturated carbocycles. The smallest absolute Gasteiger partial charge is 0.161 e. The van der Waals surface area contributed by atoms with E-state index in [1.54, 1.807) is 12.1 Å². The number of para-hydroxylation sites is 2. The van der Waals surface area contributed by atoms with Gasteiger partial charge in [0.1, 0.15) is 18.5 Å². The lowest BCUT2D eigenvalue weighted by Gasteiger charge is -2.26. The van der Waals surface area contributed by atoms with E-state index in [0.717, 1.165) is 36.6 Å². The maximum Gasteiger partial charge on any atom is 0.161 e. The van der Waals surface area contributed by atoms with Crippen molar-refractivity contribution >= 4 is 0 Å². The summed E-state index contributed by atoms with van der Waals surface area (Å²) in [6, 6.07) is 23.7. The molecule has 138 valence electrons. The van der Waals surface area contributed by atoms with Crippen LogP contribution in [0.5, 0.6) is 17.2 Å². The minimum Gasteiger partial charge on any atom is -0.508 e. The van der Waals surface area contributed by atoms with Crippen molar-refractivity contribution in [3.8, 4) is 17.2 Å². The Kier molecular flexibility index (Phi) is 5.26. The molecule has 0 aliphatic carbocycles. The van der Waals surface area contributed by atoms with Crippen LogP contribution in [0.15, 0.2) is 72.8 Å². The van der Waals surface area contributed by atoms with E-state index in [0.29, 0.717) is 12.4 Å². The zero-order valence-electron chi connectivity index (χ0n) is 15.1. The van der Waals surface area contributed by atoms with Gasteiger partial charge in [0.05, 0.1) is 0 Å². The van der Waals surface area contributed by atoms with Gasteiger partial charge in [0, 0.05) is 19.5 Å². The van der Waals surface area contributed by atoms with Crippen molar-refractivity contribution in [3.63, 3.8) is 0 Å². The van der Waals surface area contributed by atoms with Gasteiger partial charge in [0.15, 0.2) is 11.5 Å². The fraction of sp³-hybridized carbons (Fsp3) is 0.217. The van der Waals surface area contributed by atoms with Crippen LogP contribution in [0.4, 0.5) is 0 Å². The Morgan fingerprint density at radius 1 is 0.778 bits per heavy atom. The van der Waals surface area contributed by atoms with Crippen LogP contribution in [0.1, 0.15) is 16.7 Å². The number of hydrogen-bond acceptors (Lipinski definition) is 4. The molecule has 0 fully saturated rings. The summed E-state index contributed by atoms with van der Waals surface area (Å²) in [4.78, 5) is 0. The highest BCUT2D eigenvalue weighted by Crippen LogP contribution is 2.31. The number of aromatic hydroxyl groups is 1. The topological polar surface area (TPSA) is 50.7 Å². The number of rotatable bonds is 6. The predicted octanol–water partition coefficient (Wildman–Crippen LogP) is 4.06. The first-order valence-corrected chi connectivity index (χ1v) is 9.21. The minimum absolute atomic E-state index is 0.0402. The molecule has 0 spiro atoms. The summed E-state index contributed by atoms with van der Waals surface area (Å²) in [5.41, 5.74) is 3.63. The Morgan fingerprint density at radius 2 is 1.37 bits per heavy atom. The van der Waals surface area contributed by atoms with E-state index < -0.39 is 0 Å². The first kappa shape index (κ1) is 17.4. The second-order valence-electron chi connectivity index (χ2n) is 6.79. The Labute approximate surface area is 159 Å². The van der Waals surface area contributed by atoms with Gasteiger partial charge in [-0.1, -0.05) is 48.5 Å². The molecule has 1 unspecified atom stereocenters. The second kappa shape index (κ2) is 8.14. The van der Waals surface area contributed by atoms with Crippen LogP contribution < -0.4 is 14.8 Å². The molecule has 0 bridgehead atoms. The summed E-state index contributed by atoms with van der Waals surface area (Å²) in [7, 11) is 0. The van der Waals surface area contributed by atoms with Gasteiger partial charge in [-0.15, -0.1) is 0 Å². The minimum atomic E-state index is 0.0402. The number of fused-ring (bicyclic) bond motifs is 1. The summed E-state index contributed by atoms with van der Waals surface area (Å²) in [6.45, 7) is 2.15. The summed E-state index contributed by atoms with van der Waals surface area (Å²) in [6.07, 6.45) is 0.869. The van der Waals surface area contributed by atoms with Crippen LogP contribution >= 0.6 is 0 Å². The number of phenolic OH excluding ortho intramolecular Hbond substituents is 1. The van der Waals surface area contributed by atoms with E-state index in [1.165, 1.54) is 11.1 Å². The fourth-order valence-corrected chi connectivity index (χ4v) is 3.18. The lowest BCUT2D eigenvalue weighted by Crippen LogP contribution is -2.31. The molecule has 1 aliphatic heterocycles. The third kappa shape index (κ3) is 4.60. The summed E-state index contributed by atoms with van der Waals surface area (Å²) in [5.74, 6) is 1.94. The first-order valence-electron chi connectivity index (χ1n) is 9.21. The van der Waals surface area contributed by atoms with Crippen LogP contribution in [0.2, 0.25) is 0 Å². The summed E-state index contributed by atoms with van der Waals surface area (Å²) < 4.78 is 11.8. The lowest BCUT2D eigenvalue weighted by molar-refractivity contribution is 0.0913. The van der Waals surface area contributed by atoms with Crippen molar-refractivity contribution in [2.24, 2.45) is 0 Å². The molecule has 1 aliphatic rings. The zero-order valence-corrected chi connectivity index (χ0v) is 15.1. The highest BCUT2D eigenvalue weighted by atomic mass is 16.6. The number of ether oxygens (including phenoxy) is 2. The molecule has 4 nitrogen and oxygen atoms in total. The number of nitrogens with one attached hydrogen (secondary N) is 1. The summed E-state index contributed by atoms with van der Waals surface area (Å²) in [5, 5.41) is 12.7. The van der Waals surface area contributed by atoms with E-state index in [2.05, 4.69) is 29.6 Å². The molecule has 3 aromatic carbocycles. The van der Waals surface area contributed by atoms with Gasteiger partial charge >= 0.3 is 0 Å². The van der Waals surface area contributed by atoms with Crippen LogP contribution in [-0.4, -0.2) is 17.8 Å². The van der Waals surface area contributed by atoms with Crippen molar-refractivity contribution in [2.45, 2.75) is 25.6 Å². The Balaban J connectivity index is 1.27. The number of hydrogen-bond donors (Lipinski definition) is 2. The SMILES string of the molecule is Oc1ccc(CNCc2ccc(CC3COc4ccccc4O3)cc2)cc1. The Hall–Kier alpha value is -2.98. The highest BCUT2D eigenvalue weighted by molar-refractivity contribution is 5.41. The standard InChI is InChI=1S/C23H23NO3/c25-20-11-9-19(10-12-20)15-24-14-18-7-5-17(6-8-18)13-21-16-26-22-3-1-2-4-23(22)27-21/h1-12,21,24-25H,13-16H2. The average molecular weight is 361 g/mol. The van der Waals surface area contributed by atoms with Crippen LogP contribution in [-0.2, 0) is 19.5 Å².